The average Bonchev–Trinajstić information content (AvgIpc) is 1.86. The van der Waals surface area contributed by atoms with Gasteiger partial charge in [0, 0.05) is 16.0 Å². The van der Waals surface area contributed by atoms with Gasteiger partial charge >= 0.3 is 6.18 Å². The van der Waals surface area contributed by atoms with Crippen molar-refractivity contribution in [3.8, 4) is 0 Å². The van der Waals surface area contributed by atoms with E-state index in [2.05, 4.69) is 0 Å². The number of nitrogens with one attached hydrogen (secondary N) is 2. The summed E-state index contributed by atoms with van der Waals surface area (Å²) in [5.74, 6) is 0. The van der Waals surface area contributed by atoms with Gasteiger partial charge in [0.1, 0.15) is 0 Å². The predicted molar refractivity (Wildman–Crippen MR) is 44.7 cm³/mol. The lowest BCUT2D eigenvalue weighted by molar-refractivity contribution is -0.0856. The Bertz CT molecular complexity index is 206. The molecule has 0 aromatic carbocycles. The Labute approximate surface area is 74.6 Å². The van der Waals surface area contributed by atoms with E-state index in [-0.39, 0.29) is 9.79 Å². The first-order chi connectivity index (χ1) is 4.93. The van der Waals surface area contributed by atoms with Crippen LogP contribution in [0.3, 0.4) is 0 Å². The molecule has 0 saturated carbocycles. The quantitative estimate of drug-likeness (QED) is 0.575. The Morgan fingerprint density at radius 3 is 1.73 bits per heavy atom. The second-order valence-corrected chi connectivity index (χ2v) is 2.71. The molecule has 0 unspecified atom stereocenters. The third kappa shape index (κ3) is 3.00. The molecule has 0 aromatic rings. The Hall–Kier alpha value is -0.400. The minimum Gasteiger partial charge on any atom is -0.308 e. The Kier molecular flexibility index (Phi) is 3.70. The van der Waals surface area contributed by atoms with Gasteiger partial charge in [-0.15, -0.1) is 0 Å². The van der Waals surface area contributed by atoms with Crippen molar-refractivity contribution >= 4 is 35.0 Å². The predicted octanol–water partition coefficient (Wildman–Crippen LogP) is 2.54. The molecule has 0 amide bonds. The number of hydrogen-bond acceptors (Lipinski definition) is 2. The van der Waals surface area contributed by atoms with Crippen LogP contribution in [-0.2, 0) is 0 Å². The molecular weight excluding hydrogens is 272 g/mol. The summed E-state index contributed by atoms with van der Waals surface area (Å²) in [6, 6.07) is 0. The molecule has 0 fully saturated rings. The summed E-state index contributed by atoms with van der Waals surface area (Å²) < 4.78 is 35.2. The molecule has 0 rings (SSSR count). The van der Waals surface area contributed by atoms with Crippen molar-refractivity contribution in [3.63, 3.8) is 0 Å². The summed E-state index contributed by atoms with van der Waals surface area (Å²) in [6.07, 6.45) is -3.77. The fourth-order valence-corrected chi connectivity index (χ4v) is 0.825. The molecule has 11 heavy (non-hydrogen) atoms. The maximum absolute atomic E-state index is 11.8. The molecule has 0 aliphatic rings. The number of hydrogen-bond donors (Lipinski definition) is 2. The lowest BCUT2D eigenvalue weighted by atomic mass is 10.3. The zero-order valence-electron chi connectivity index (χ0n) is 5.17. The first kappa shape index (κ1) is 10.6. The van der Waals surface area contributed by atoms with Gasteiger partial charge in [0.15, 0.2) is 0 Å². The number of alkyl halides is 3. The first-order valence-corrected chi connectivity index (χ1v) is 3.49. The minimum atomic E-state index is -4.53. The van der Waals surface area contributed by atoms with Gasteiger partial charge in [0.25, 0.3) is 0 Å². The van der Waals surface area contributed by atoms with Crippen LogP contribution in [0.25, 0.3) is 0 Å². The highest BCUT2D eigenvalue weighted by atomic mass is 127. The smallest absolute Gasteiger partial charge is 0.308 e. The molecule has 0 radical (unpaired) electrons. The highest BCUT2D eigenvalue weighted by molar-refractivity contribution is 14.1. The molecule has 0 aliphatic carbocycles. The van der Waals surface area contributed by atoms with Crippen LogP contribution in [0.2, 0.25) is 0 Å². The van der Waals surface area contributed by atoms with E-state index in [0.717, 1.165) is 0 Å². The van der Waals surface area contributed by atoms with E-state index >= 15 is 0 Å². The molecule has 0 spiro atoms. The van der Waals surface area contributed by atoms with Crippen LogP contribution >= 0.6 is 22.6 Å². The van der Waals surface area contributed by atoms with Gasteiger partial charge in [-0.3, -0.25) is 0 Å². The molecule has 62 valence electrons. The Morgan fingerprint density at radius 1 is 1.18 bits per heavy atom. The third-order valence-electron chi connectivity index (χ3n) is 0.834. The summed E-state index contributed by atoms with van der Waals surface area (Å²) in [5.41, 5.74) is -1.09. The summed E-state index contributed by atoms with van der Waals surface area (Å²) in [6.45, 7) is 0. The average molecular weight is 276 g/mol. The van der Waals surface area contributed by atoms with E-state index in [4.69, 9.17) is 10.8 Å². The van der Waals surface area contributed by atoms with Crippen molar-refractivity contribution in [3.05, 3.63) is 9.15 Å². The van der Waals surface area contributed by atoms with Crippen molar-refractivity contribution < 1.29 is 13.2 Å². The van der Waals surface area contributed by atoms with Gasteiger partial charge < -0.3 is 10.8 Å². The van der Waals surface area contributed by atoms with Gasteiger partial charge in [-0.2, -0.15) is 13.2 Å². The van der Waals surface area contributed by atoms with Crippen LogP contribution in [0.5, 0.6) is 0 Å². The topological polar surface area (TPSA) is 47.7 Å². The largest absolute Gasteiger partial charge is 0.418 e. The van der Waals surface area contributed by atoms with E-state index < -0.39 is 11.7 Å². The SMILES string of the molecule is N=C/C(I)=C(\C=N)C(F)(F)F. The van der Waals surface area contributed by atoms with Crippen LogP contribution in [0.15, 0.2) is 9.15 Å². The molecule has 6 heteroatoms. The van der Waals surface area contributed by atoms with E-state index in [1.807, 2.05) is 0 Å². The molecule has 0 aliphatic heterocycles. The second kappa shape index (κ2) is 3.84. The lowest BCUT2D eigenvalue weighted by Gasteiger charge is -2.06. The van der Waals surface area contributed by atoms with Crippen molar-refractivity contribution in [1.82, 2.24) is 0 Å². The van der Waals surface area contributed by atoms with Gasteiger partial charge in [-0.05, 0) is 22.6 Å². The van der Waals surface area contributed by atoms with E-state index in [1.165, 1.54) is 22.6 Å². The van der Waals surface area contributed by atoms with Gasteiger partial charge in [0.2, 0.25) is 0 Å². The van der Waals surface area contributed by atoms with Crippen molar-refractivity contribution in [1.29, 1.82) is 10.8 Å². The van der Waals surface area contributed by atoms with Crippen LogP contribution < -0.4 is 0 Å². The molecule has 2 nitrogen and oxygen atoms in total. The van der Waals surface area contributed by atoms with E-state index in [9.17, 15) is 13.2 Å². The second-order valence-electron chi connectivity index (χ2n) is 1.55. The zero-order chi connectivity index (χ0) is 9.07. The zero-order valence-corrected chi connectivity index (χ0v) is 7.32. The third-order valence-corrected chi connectivity index (χ3v) is 1.73. The molecule has 0 aromatic heterocycles. The standard InChI is InChI=1S/C5H4F3IN2/c6-5(7,8)3(1-10)4(9)2-11/h1-2,10-11H/b4-3-,10-1?,11-2?. The van der Waals surface area contributed by atoms with Crippen molar-refractivity contribution in [2.75, 3.05) is 0 Å². The highest BCUT2D eigenvalue weighted by Crippen LogP contribution is 2.28. The Balaban J connectivity index is 4.95. The van der Waals surface area contributed by atoms with Crippen molar-refractivity contribution in [2.45, 2.75) is 6.18 Å². The van der Waals surface area contributed by atoms with Crippen LogP contribution in [-0.4, -0.2) is 18.6 Å². The number of halogens is 4. The monoisotopic (exact) mass is 276 g/mol. The highest BCUT2D eigenvalue weighted by Gasteiger charge is 2.33. The van der Waals surface area contributed by atoms with Crippen LogP contribution in [0.1, 0.15) is 0 Å². The van der Waals surface area contributed by atoms with E-state index in [1.54, 1.807) is 0 Å². The number of allylic oxidation sites excluding steroid dienone is 2. The van der Waals surface area contributed by atoms with Gasteiger partial charge in [-0.25, -0.2) is 0 Å². The lowest BCUT2D eigenvalue weighted by Crippen LogP contribution is -2.14. The fraction of sp³-hybridized carbons (Fsp3) is 0.200. The molecule has 0 heterocycles. The maximum atomic E-state index is 11.8. The molecule has 2 N–H and O–H groups in total. The summed E-state index contributed by atoms with van der Waals surface area (Å²) in [4.78, 5) is 0. The molecule has 0 atom stereocenters. The van der Waals surface area contributed by atoms with E-state index in [0.29, 0.717) is 6.21 Å². The van der Waals surface area contributed by atoms with Gasteiger partial charge in [0.05, 0.1) is 5.57 Å². The molecular formula is C5H4F3IN2. The first-order valence-electron chi connectivity index (χ1n) is 2.41. The number of rotatable bonds is 2. The molecule has 0 saturated heterocycles. The fourth-order valence-electron chi connectivity index (χ4n) is 0.364. The molecule has 0 bridgehead atoms. The van der Waals surface area contributed by atoms with Crippen LogP contribution in [0.4, 0.5) is 13.2 Å². The Morgan fingerprint density at radius 2 is 1.64 bits per heavy atom. The minimum absolute atomic E-state index is 0.201. The summed E-state index contributed by atoms with van der Waals surface area (Å²) in [5, 5.41) is 13.0. The van der Waals surface area contributed by atoms with Crippen LogP contribution in [0, 0.1) is 10.8 Å². The summed E-state index contributed by atoms with van der Waals surface area (Å²) >= 11 is 1.36. The van der Waals surface area contributed by atoms with Crippen molar-refractivity contribution in [2.24, 2.45) is 0 Å². The maximum Gasteiger partial charge on any atom is 0.418 e. The van der Waals surface area contributed by atoms with Gasteiger partial charge in [-0.1, -0.05) is 0 Å². The summed E-state index contributed by atoms with van der Waals surface area (Å²) in [7, 11) is 0. The normalized spacial score (nSPS) is 13.8.